The first kappa shape index (κ1) is 30.1. The van der Waals surface area contributed by atoms with Gasteiger partial charge in [-0.2, -0.15) is 0 Å². The zero-order valence-corrected chi connectivity index (χ0v) is 20.8. The van der Waals surface area contributed by atoms with Gasteiger partial charge in [0.25, 0.3) is 5.69 Å². The summed E-state index contributed by atoms with van der Waals surface area (Å²) in [5.41, 5.74) is 0.927. The van der Waals surface area contributed by atoms with Crippen molar-refractivity contribution in [2.45, 2.75) is 25.3 Å². The maximum atomic E-state index is 11.4. The van der Waals surface area contributed by atoms with E-state index in [0.29, 0.717) is 58.5 Å². The Bertz CT molecular complexity index is 897. The Hall–Kier alpha value is -3.13. The molecule has 2 rings (SSSR count). The van der Waals surface area contributed by atoms with Gasteiger partial charge in [-0.15, -0.1) is 0 Å². The molecule has 13 nitrogen and oxygen atoms in total. The first-order valence-electron chi connectivity index (χ1n) is 12.1. The number of aryl methyl sites for hydroxylation is 1. The summed E-state index contributed by atoms with van der Waals surface area (Å²) in [4.78, 5) is 51.4. The Kier molecular flexibility index (Phi) is 12.4. The average Bonchev–Trinajstić information content (AvgIpc) is 2.89. The number of nitro groups is 1. The van der Waals surface area contributed by atoms with E-state index in [2.05, 4.69) is 4.90 Å². The normalized spacial score (nSPS) is 17.0. The molecule has 1 heterocycles. The van der Waals surface area contributed by atoms with E-state index >= 15 is 0 Å². The molecular formula is C24H35N5O8. The van der Waals surface area contributed by atoms with Gasteiger partial charge in [-0.3, -0.25) is 44.1 Å². The van der Waals surface area contributed by atoms with E-state index in [1.54, 1.807) is 21.9 Å². The molecule has 13 heteroatoms. The topological polar surface area (TPSA) is 168 Å². The fraction of sp³-hybridized carbons (Fsp3) is 0.583. The quantitative estimate of drug-likeness (QED) is 0.228. The van der Waals surface area contributed by atoms with Crippen LogP contribution in [-0.2, 0) is 20.8 Å². The van der Waals surface area contributed by atoms with E-state index in [1.165, 1.54) is 17.0 Å². The van der Waals surface area contributed by atoms with Gasteiger partial charge in [-0.1, -0.05) is 12.1 Å². The molecule has 0 spiro atoms. The van der Waals surface area contributed by atoms with E-state index in [-0.39, 0.29) is 24.8 Å². The molecule has 0 saturated carbocycles. The highest BCUT2D eigenvalue weighted by Gasteiger charge is 2.26. The van der Waals surface area contributed by atoms with Crippen molar-refractivity contribution in [2.24, 2.45) is 0 Å². The number of hydrogen-bond acceptors (Lipinski definition) is 9. The van der Waals surface area contributed by atoms with E-state index < -0.39 is 35.9 Å². The van der Waals surface area contributed by atoms with Crippen molar-refractivity contribution >= 4 is 23.6 Å². The van der Waals surface area contributed by atoms with Gasteiger partial charge in [-0.05, 0) is 24.8 Å². The van der Waals surface area contributed by atoms with Crippen LogP contribution in [0.2, 0.25) is 0 Å². The molecule has 0 amide bonds. The average molecular weight is 522 g/mol. The lowest BCUT2D eigenvalue weighted by Crippen LogP contribution is -2.50. The SMILES string of the molecule is [CH]N1CCN(CC(=O)O)CCN(C(CCCc2ccc([N+](=O)[O-])cc2)CN(CC(=O)O)CC(=O)O)CC1. The lowest BCUT2D eigenvalue weighted by atomic mass is 10.0. The number of aliphatic carboxylic acids is 3. The number of nitrogens with zero attached hydrogens (tertiary/aromatic N) is 5. The molecule has 1 unspecified atom stereocenters. The second-order valence-electron chi connectivity index (χ2n) is 9.17. The first-order chi connectivity index (χ1) is 17.5. The molecule has 1 aliphatic rings. The second kappa shape index (κ2) is 15.2. The summed E-state index contributed by atoms with van der Waals surface area (Å²) < 4.78 is 0. The summed E-state index contributed by atoms with van der Waals surface area (Å²) in [6.07, 6.45) is 1.92. The van der Waals surface area contributed by atoms with Crippen LogP contribution in [0, 0.1) is 17.2 Å². The zero-order valence-electron chi connectivity index (χ0n) is 20.8. The standard InChI is InChI=1S/C24H35N5O8/c1-25-9-11-26(16-22(30)31)12-14-28(13-10-25)21(15-27(17-23(32)33)18-24(34)35)4-2-3-19-5-7-20(8-6-19)29(36)37/h1,5-8,21H,2-4,9-18H2,(H,30,31)(H,32,33)(H,34,35). The van der Waals surface area contributed by atoms with Gasteiger partial charge in [0.15, 0.2) is 0 Å². The van der Waals surface area contributed by atoms with Crippen molar-refractivity contribution in [3.05, 3.63) is 47.0 Å². The smallest absolute Gasteiger partial charge is 0.317 e. The highest BCUT2D eigenvalue weighted by molar-refractivity contribution is 5.72. The summed E-state index contributed by atoms with van der Waals surface area (Å²) in [6, 6.07) is 6.08. The number of non-ortho nitro benzene ring substituents is 1. The molecule has 0 bridgehead atoms. The molecule has 1 aromatic rings. The highest BCUT2D eigenvalue weighted by Crippen LogP contribution is 2.17. The van der Waals surface area contributed by atoms with Gasteiger partial charge >= 0.3 is 17.9 Å². The van der Waals surface area contributed by atoms with Crippen LogP contribution in [-0.4, -0.2) is 129 Å². The van der Waals surface area contributed by atoms with Crippen LogP contribution in [0.1, 0.15) is 18.4 Å². The third-order valence-electron chi connectivity index (χ3n) is 6.29. The maximum Gasteiger partial charge on any atom is 0.317 e. The molecule has 37 heavy (non-hydrogen) atoms. The lowest BCUT2D eigenvalue weighted by molar-refractivity contribution is -0.384. The second-order valence-corrected chi connectivity index (χ2v) is 9.17. The Morgan fingerprint density at radius 2 is 1.51 bits per heavy atom. The van der Waals surface area contributed by atoms with Crippen molar-refractivity contribution in [1.29, 1.82) is 0 Å². The molecular weight excluding hydrogens is 486 g/mol. The minimum Gasteiger partial charge on any atom is -0.480 e. The molecule has 1 atom stereocenters. The zero-order chi connectivity index (χ0) is 27.4. The van der Waals surface area contributed by atoms with Crippen LogP contribution in [0.15, 0.2) is 24.3 Å². The predicted molar refractivity (Wildman–Crippen MR) is 133 cm³/mol. The van der Waals surface area contributed by atoms with Crippen molar-refractivity contribution in [3.63, 3.8) is 0 Å². The lowest BCUT2D eigenvalue weighted by Gasteiger charge is -2.36. The van der Waals surface area contributed by atoms with Gasteiger partial charge in [0, 0.05) is 71.0 Å². The first-order valence-corrected chi connectivity index (χ1v) is 12.1. The Morgan fingerprint density at radius 1 is 0.946 bits per heavy atom. The molecule has 1 saturated heterocycles. The minimum absolute atomic E-state index is 0.00793. The van der Waals surface area contributed by atoms with Crippen molar-refractivity contribution in [1.82, 2.24) is 19.6 Å². The Labute approximate surface area is 216 Å². The van der Waals surface area contributed by atoms with Gasteiger partial charge in [0.1, 0.15) is 0 Å². The number of rotatable bonds is 14. The maximum absolute atomic E-state index is 11.4. The van der Waals surface area contributed by atoms with Crippen LogP contribution in [0.25, 0.3) is 0 Å². The fourth-order valence-corrected chi connectivity index (χ4v) is 4.43. The molecule has 3 N–H and O–H groups in total. The van der Waals surface area contributed by atoms with Crippen LogP contribution in [0.5, 0.6) is 0 Å². The number of carboxylic acids is 3. The monoisotopic (exact) mass is 521 g/mol. The molecule has 1 aliphatic heterocycles. The van der Waals surface area contributed by atoms with Gasteiger partial charge < -0.3 is 15.3 Å². The van der Waals surface area contributed by atoms with Crippen LogP contribution in [0.3, 0.4) is 0 Å². The summed E-state index contributed by atoms with van der Waals surface area (Å²) in [6.45, 7) is 2.25. The summed E-state index contributed by atoms with van der Waals surface area (Å²) in [5, 5.41) is 38.7. The van der Waals surface area contributed by atoms with E-state index in [9.17, 15) is 39.8 Å². The summed E-state index contributed by atoms with van der Waals surface area (Å²) in [7, 11) is 6.09. The van der Waals surface area contributed by atoms with E-state index in [1.807, 2.05) is 0 Å². The fourth-order valence-electron chi connectivity index (χ4n) is 4.43. The predicted octanol–water partition coefficient (Wildman–Crippen LogP) is 0.430. The van der Waals surface area contributed by atoms with Gasteiger partial charge in [0.05, 0.1) is 24.6 Å². The number of benzene rings is 1. The van der Waals surface area contributed by atoms with Crippen LogP contribution in [0.4, 0.5) is 5.69 Å². The van der Waals surface area contributed by atoms with Crippen molar-refractivity contribution < 1.29 is 34.6 Å². The number of carboxylic acid groups (broad SMARTS) is 3. The molecule has 204 valence electrons. The van der Waals surface area contributed by atoms with Crippen molar-refractivity contribution in [2.75, 3.05) is 65.4 Å². The number of carbonyl (C=O) groups is 3. The van der Waals surface area contributed by atoms with Crippen LogP contribution >= 0.6 is 0 Å². The van der Waals surface area contributed by atoms with Crippen molar-refractivity contribution in [3.8, 4) is 0 Å². The molecule has 0 aromatic heterocycles. The molecule has 0 aliphatic carbocycles. The largest absolute Gasteiger partial charge is 0.480 e. The van der Waals surface area contributed by atoms with E-state index in [4.69, 9.17) is 7.05 Å². The number of hydrogen-bond donors (Lipinski definition) is 3. The Morgan fingerprint density at radius 3 is 2.08 bits per heavy atom. The van der Waals surface area contributed by atoms with Gasteiger partial charge in [-0.25, -0.2) is 0 Å². The van der Waals surface area contributed by atoms with E-state index in [0.717, 1.165) is 5.56 Å². The third kappa shape index (κ3) is 11.6. The molecule has 2 radical (unpaired) electrons. The van der Waals surface area contributed by atoms with Crippen LogP contribution < -0.4 is 0 Å². The highest BCUT2D eigenvalue weighted by atomic mass is 16.6. The van der Waals surface area contributed by atoms with Gasteiger partial charge in [0.2, 0.25) is 0 Å². The third-order valence-corrected chi connectivity index (χ3v) is 6.29. The summed E-state index contributed by atoms with van der Waals surface area (Å²) >= 11 is 0. The minimum atomic E-state index is -1.13. The Balaban J connectivity index is 2.17. The molecule has 1 aromatic carbocycles. The molecule has 1 fully saturated rings. The number of nitro benzene ring substituents is 1. The summed E-state index contributed by atoms with van der Waals surface area (Å²) in [5.74, 6) is -3.20.